The van der Waals surface area contributed by atoms with E-state index in [1.54, 1.807) is 61.0 Å². The van der Waals surface area contributed by atoms with Gasteiger partial charge in [-0.25, -0.2) is 17.8 Å². The van der Waals surface area contributed by atoms with Gasteiger partial charge in [-0.3, -0.25) is 23.3 Å². The molecule has 0 saturated heterocycles. The van der Waals surface area contributed by atoms with Gasteiger partial charge in [0, 0.05) is 32.0 Å². The highest BCUT2D eigenvalue weighted by Crippen LogP contribution is 2.60. The van der Waals surface area contributed by atoms with E-state index in [0.717, 1.165) is 131 Å². The van der Waals surface area contributed by atoms with Crippen molar-refractivity contribution in [1.29, 1.82) is 0 Å². The van der Waals surface area contributed by atoms with Crippen LogP contribution in [0.3, 0.4) is 0 Å². The number of ketones is 2. The predicted octanol–water partition coefficient (Wildman–Crippen LogP) is 16.3. The van der Waals surface area contributed by atoms with E-state index >= 15 is 17.6 Å². The highest BCUT2D eigenvalue weighted by Gasteiger charge is 2.52. The van der Waals surface area contributed by atoms with Gasteiger partial charge in [-0.15, -0.1) is 23.5 Å². The minimum atomic E-state index is -5.98. The van der Waals surface area contributed by atoms with Crippen molar-refractivity contribution in [3.05, 3.63) is 273 Å². The third kappa shape index (κ3) is 14.9. The highest BCUT2D eigenvalue weighted by molar-refractivity contribution is 7.98. The van der Waals surface area contributed by atoms with Crippen molar-refractivity contribution in [2.75, 3.05) is 12.5 Å². The summed E-state index contributed by atoms with van der Waals surface area (Å²) in [5.74, 6) is -3.00. The maximum Gasteiger partial charge on any atom is 0.399 e. The molecule has 0 aliphatic carbocycles. The Kier molecular flexibility index (Phi) is 20.4. The fourth-order valence-electron chi connectivity index (χ4n) is 10.1. The molecule has 88 heavy (non-hydrogen) atoms. The second-order valence-electron chi connectivity index (χ2n) is 20.5. The van der Waals surface area contributed by atoms with Crippen molar-refractivity contribution in [2.24, 2.45) is 0 Å². The van der Waals surface area contributed by atoms with Gasteiger partial charge in [-0.1, -0.05) is 146 Å². The van der Waals surface area contributed by atoms with Crippen molar-refractivity contribution in [1.82, 2.24) is 0 Å². The first-order chi connectivity index (χ1) is 41.2. The van der Waals surface area contributed by atoms with E-state index in [-0.39, 0.29) is 59.1 Å². The third-order valence-electron chi connectivity index (χ3n) is 14.7. The second-order valence-corrected chi connectivity index (χ2v) is 26.4. The van der Waals surface area contributed by atoms with E-state index in [2.05, 4.69) is 9.05 Å². The predicted molar refractivity (Wildman–Crippen MR) is 313 cm³/mol. The molecule has 0 aliphatic heterocycles. The maximum atomic E-state index is 15.9. The van der Waals surface area contributed by atoms with Crippen molar-refractivity contribution in [2.45, 2.75) is 69.8 Å². The van der Waals surface area contributed by atoms with Crippen LogP contribution in [0.4, 0.5) is 43.9 Å². The van der Waals surface area contributed by atoms with Gasteiger partial charge in [0.25, 0.3) is 0 Å². The van der Waals surface area contributed by atoms with E-state index in [0.29, 0.717) is 11.1 Å². The number of rotatable bonds is 26. The molecule has 0 bridgehead atoms. The zero-order valence-electron chi connectivity index (χ0n) is 45.9. The van der Waals surface area contributed by atoms with E-state index < -0.39 is 103 Å². The molecule has 8 aromatic carbocycles. The molecular weight excluding hydrogens is 1270 g/mol. The number of hydrogen-bond acceptors (Lipinski definition) is 9. The normalized spacial score (nSPS) is 14.4. The van der Waals surface area contributed by atoms with Crippen LogP contribution < -0.4 is 0 Å². The van der Waals surface area contributed by atoms with Crippen LogP contribution in [0.5, 0.6) is 0 Å². The van der Waals surface area contributed by atoms with Gasteiger partial charge in [-0.05, 0) is 120 Å². The van der Waals surface area contributed by atoms with Crippen LogP contribution >= 0.6 is 47.0 Å². The standard InChI is InChI=1S/C62H51F10O11P3S2/c1-87-53-29-25-45(26-30-53)57(55(73)43-5-3-7-51(63)33-43,37-41-13-21-49(22-14-41)61(69,70)85(76,77)78)35-39-9-17-47(18-10-39)59(65,66)82-84(75)83-60(67,68)48-19-11-40(12-20-48)36-58(46-27-31-54(88-2)32-28-46,56(74)44-6-4-8-52(64)34-44)38-42-15-23-50(24-16-42)62(71,72)86(79,80)81/h3-34,84H,35-38H2,1-2H3,(H2,76,77,78)(H2,79,80,81). The van der Waals surface area contributed by atoms with Crippen LogP contribution in [-0.2, 0) is 82.8 Å². The van der Waals surface area contributed by atoms with Gasteiger partial charge in [0.1, 0.15) is 11.6 Å². The van der Waals surface area contributed by atoms with Crippen molar-refractivity contribution >= 4 is 58.5 Å². The van der Waals surface area contributed by atoms with Gasteiger partial charge >= 0.3 is 47.0 Å². The summed E-state index contributed by atoms with van der Waals surface area (Å²) in [5, 5.41) is 0. The number of carbonyl (C=O) groups is 2. The summed E-state index contributed by atoms with van der Waals surface area (Å²) in [6, 6.07) is 37.6. The van der Waals surface area contributed by atoms with Crippen molar-refractivity contribution in [3.8, 4) is 0 Å². The third-order valence-corrected chi connectivity index (χ3v) is 19.0. The number of alkyl halides is 8. The largest absolute Gasteiger partial charge is 0.399 e. The van der Waals surface area contributed by atoms with Gasteiger partial charge in [-0.2, -0.15) is 35.1 Å². The molecular formula is C62H51F10O11P3S2. The summed E-state index contributed by atoms with van der Waals surface area (Å²) in [5.41, 5.74) is -15.8. The molecule has 26 heteroatoms. The average Bonchev–Trinajstić information content (AvgIpc) is 0.917. The van der Waals surface area contributed by atoms with Gasteiger partial charge in [0.2, 0.25) is 0 Å². The van der Waals surface area contributed by atoms with Crippen LogP contribution in [0.2, 0.25) is 0 Å². The molecule has 0 spiro atoms. The Morgan fingerprint density at radius 1 is 0.420 bits per heavy atom. The molecule has 0 aromatic heterocycles. The SMILES string of the molecule is CSc1ccc(C(Cc2ccc(C(F)(F)O[PH](=O)OC(F)(F)c3ccc(CC(Cc4ccc(C(F)(F)P(=O)(O)O)cc4)(C(=O)c4cccc(F)c4)c4ccc(SC)cc4)cc3)cc2)(Cc2ccc(C(F)(F)P(=O)(O)O)cc2)C(=O)c2cccc(F)c2)cc1. The number of hydrogen-bond donors (Lipinski definition) is 4. The monoisotopic (exact) mass is 1320 g/mol. The Morgan fingerprint density at radius 2 is 0.682 bits per heavy atom. The Balaban J connectivity index is 1.06. The maximum absolute atomic E-state index is 15.9. The number of thioether (sulfide) groups is 2. The molecule has 0 fully saturated rings. The van der Waals surface area contributed by atoms with Crippen LogP contribution in [0, 0.1) is 11.6 Å². The summed E-state index contributed by atoms with van der Waals surface area (Å²) in [6.45, 7) is 0. The average molecular weight is 1320 g/mol. The van der Waals surface area contributed by atoms with Crippen LogP contribution in [-0.4, -0.2) is 43.7 Å². The molecule has 2 unspecified atom stereocenters. The number of halogens is 10. The van der Waals surface area contributed by atoms with E-state index in [9.17, 15) is 69.2 Å². The van der Waals surface area contributed by atoms with Crippen molar-refractivity contribution in [3.63, 3.8) is 0 Å². The highest BCUT2D eigenvalue weighted by atomic mass is 32.2. The Morgan fingerprint density at radius 3 is 0.932 bits per heavy atom. The molecule has 0 amide bonds. The molecule has 8 rings (SSSR count). The van der Waals surface area contributed by atoms with Gasteiger partial charge in [0.05, 0.1) is 22.0 Å². The first-order valence-electron chi connectivity index (χ1n) is 26.1. The minimum absolute atomic E-state index is 0.141. The number of carbonyl (C=O) groups excluding carboxylic acids is 2. The second kappa shape index (κ2) is 26.6. The Labute approximate surface area is 506 Å². The minimum Gasteiger partial charge on any atom is -0.320 e. The van der Waals surface area contributed by atoms with Crippen LogP contribution in [0.1, 0.15) is 76.4 Å². The zero-order valence-corrected chi connectivity index (χ0v) is 50.4. The zero-order chi connectivity index (χ0) is 64.3. The molecule has 2 atom stereocenters. The fourth-order valence-corrected chi connectivity index (χ4v) is 12.6. The number of benzene rings is 8. The lowest BCUT2D eigenvalue weighted by molar-refractivity contribution is -0.220. The topological polar surface area (TPSA) is 185 Å². The molecule has 4 N–H and O–H groups in total. The Bertz CT molecular complexity index is 3680. The van der Waals surface area contributed by atoms with Gasteiger partial charge in [0.15, 0.2) is 11.6 Å². The summed E-state index contributed by atoms with van der Waals surface area (Å²) in [4.78, 5) is 68.8. The first-order valence-corrected chi connectivity index (χ1v) is 33.0. The quantitative estimate of drug-likeness (QED) is 0.0174. The van der Waals surface area contributed by atoms with E-state index in [1.165, 1.54) is 47.8 Å². The molecule has 11 nitrogen and oxygen atoms in total. The lowest BCUT2D eigenvalue weighted by Crippen LogP contribution is -2.41. The molecule has 0 saturated carbocycles. The van der Waals surface area contributed by atoms with E-state index in [1.807, 2.05) is 0 Å². The summed E-state index contributed by atoms with van der Waals surface area (Å²) in [7, 11) is -16.8. The first kappa shape index (κ1) is 67.5. The Hall–Kier alpha value is -6.45. The molecule has 0 aliphatic rings. The smallest absolute Gasteiger partial charge is 0.320 e. The van der Waals surface area contributed by atoms with Crippen molar-refractivity contribution < 1.29 is 95.8 Å². The van der Waals surface area contributed by atoms with Crippen LogP contribution in [0.25, 0.3) is 0 Å². The lowest BCUT2D eigenvalue weighted by Gasteiger charge is -2.34. The summed E-state index contributed by atoms with van der Waals surface area (Å²) < 4.78 is 197. The molecule has 8 aromatic rings. The fraction of sp³-hybridized carbons (Fsp3) is 0.194. The molecule has 0 radical (unpaired) electrons. The summed E-state index contributed by atoms with van der Waals surface area (Å²) in [6.07, 6.45) is -6.97. The number of Topliss-reactive ketones (excluding diaryl/α,β-unsaturated/α-hetero) is 2. The van der Waals surface area contributed by atoms with Crippen LogP contribution in [0.15, 0.2) is 204 Å². The summed E-state index contributed by atoms with van der Waals surface area (Å²) >= 11 is 2.70. The molecule has 462 valence electrons. The lowest BCUT2D eigenvalue weighted by atomic mass is 9.67. The van der Waals surface area contributed by atoms with E-state index in [4.69, 9.17) is 0 Å². The van der Waals surface area contributed by atoms with Gasteiger partial charge < -0.3 is 19.6 Å². The molecule has 0 heterocycles.